The number of nitrogens with one attached hydrogen (secondary N) is 1. The van der Waals surface area contributed by atoms with Gasteiger partial charge in [-0.15, -0.1) is 0 Å². The predicted molar refractivity (Wildman–Crippen MR) is 86.4 cm³/mol. The summed E-state index contributed by atoms with van der Waals surface area (Å²) >= 11 is 0. The van der Waals surface area contributed by atoms with Crippen molar-refractivity contribution in [3.05, 3.63) is 46.2 Å². The maximum atomic E-state index is 12.3. The van der Waals surface area contributed by atoms with E-state index >= 15 is 0 Å². The van der Waals surface area contributed by atoms with Crippen molar-refractivity contribution >= 4 is 5.84 Å². The van der Waals surface area contributed by atoms with Crippen LogP contribution in [0.2, 0.25) is 0 Å². The average Bonchev–Trinajstić information content (AvgIpc) is 2.53. The van der Waals surface area contributed by atoms with E-state index < -0.39 is 0 Å². The highest BCUT2D eigenvalue weighted by molar-refractivity contribution is 5.95. The summed E-state index contributed by atoms with van der Waals surface area (Å²) in [6.45, 7) is 2.55. The van der Waals surface area contributed by atoms with E-state index in [0.29, 0.717) is 18.0 Å². The number of nitrogens with zero attached hydrogens (tertiary/aromatic N) is 2. The van der Waals surface area contributed by atoms with Crippen molar-refractivity contribution in [2.75, 3.05) is 7.11 Å². The lowest BCUT2D eigenvalue weighted by Gasteiger charge is -2.10. The number of nitrogens with two attached hydrogens (primary N) is 1. The molecule has 0 unspecified atom stereocenters. The number of rotatable bonds is 6. The summed E-state index contributed by atoms with van der Waals surface area (Å²) in [5, 5.41) is 12.0. The Labute approximate surface area is 129 Å². The van der Waals surface area contributed by atoms with E-state index in [4.69, 9.17) is 15.9 Å². The molecule has 0 saturated carbocycles. The molecule has 0 aliphatic heterocycles. The third-order valence-electron chi connectivity index (χ3n) is 3.35. The number of aryl methyl sites for hydroxylation is 1. The number of benzene rings is 1. The number of unbranched alkanes of at least 4 members (excludes halogenated alkanes) is 1. The second kappa shape index (κ2) is 6.89. The monoisotopic (exact) mass is 300 g/mol. The van der Waals surface area contributed by atoms with Gasteiger partial charge >= 0.3 is 0 Å². The molecular formula is C16H20N4O2. The second-order valence-electron chi connectivity index (χ2n) is 4.97. The Morgan fingerprint density at radius 3 is 2.82 bits per heavy atom. The van der Waals surface area contributed by atoms with Gasteiger partial charge in [0.1, 0.15) is 11.6 Å². The molecule has 0 radical (unpaired) electrons. The van der Waals surface area contributed by atoms with Crippen LogP contribution in [0.3, 0.4) is 0 Å². The number of aromatic nitrogens is 2. The molecule has 0 bridgehead atoms. The normalized spacial score (nSPS) is 10.5. The van der Waals surface area contributed by atoms with Crippen molar-refractivity contribution in [3.63, 3.8) is 0 Å². The molecule has 1 aromatic heterocycles. The fourth-order valence-electron chi connectivity index (χ4n) is 2.12. The highest BCUT2D eigenvalue weighted by Gasteiger charge is 2.12. The van der Waals surface area contributed by atoms with Crippen LogP contribution in [0.1, 0.15) is 25.3 Å². The van der Waals surface area contributed by atoms with Crippen LogP contribution in [0.15, 0.2) is 35.1 Å². The predicted octanol–water partition coefficient (Wildman–Crippen LogP) is 2.00. The van der Waals surface area contributed by atoms with E-state index in [2.05, 4.69) is 5.10 Å². The van der Waals surface area contributed by atoms with Crippen molar-refractivity contribution < 1.29 is 4.74 Å². The fraction of sp³-hybridized carbons (Fsp3) is 0.312. The van der Waals surface area contributed by atoms with Crippen molar-refractivity contribution in [2.45, 2.75) is 26.3 Å². The third-order valence-corrected chi connectivity index (χ3v) is 3.35. The van der Waals surface area contributed by atoms with Crippen molar-refractivity contribution in [1.82, 2.24) is 9.78 Å². The van der Waals surface area contributed by atoms with E-state index in [1.807, 2.05) is 31.2 Å². The molecule has 116 valence electrons. The lowest BCUT2D eigenvalue weighted by molar-refractivity contribution is 0.415. The average molecular weight is 300 g/mol. The summed E-state index contributed by atoms with van der Waals surface area (Å²) in [5.41, 5.74) is 6.79. The molecule has 3 N–H and O–H groups in total. The summed E-state index contributed by atoms with van der Waals surface area (Å²) in [5.74, 6) is 0.455. The Kier molecular flexibility index (Phi) is 4.93. The van der Waals surface area contributed by atoms with Gasteiger partial charge in [0.15, 0.2) is 0 Å². The Hall–Kier alpha value is -2.63. The first-order valence-corrected chi connectivity index (χ1v) is 7.17. The van der Waals surface area contributed by atoms with Gasteiger partial charge in [0.05, 0.1) is 18.4 Å². The quantitative estimate of drug-likeness (QED) is 0.630. The summed E-state index contributed by atoms with van der Waals surface area (Å²) in [6, 6.07) is 8.96. The minimum atomic E-state index is -0.326. The number of amidine groups is 1. The minimum Gasteiger partial charge on any atom is -0.497 e. The topological polar surface area (TPSA) is 94.0 Å². The molecule has 1 heterocycles. The number of nitrogen functional groups attached to an aromatic ring is 1. The smallest absolute Gasteiger partial charge is 0.277 e. The number of hydrogen-bond acceptors (Lipinski definition) is 4. The van der Waals surface area contributed by atoms with Gasteiger partial charge in [0.25, 0.3) is 5.56 Å². The van der Waals surface area contributed by atoms with Crippen molar-refractivity contribution in [2.24, 2.45) is 5.73 Å². The summed E-state index contributed by atoms with van der Waals surface area (Å²) in [4.78, 5) is 12.3. The van der Waals surface area contributed by atoms with Crippen molar-refractivity contribution in [3.8, 4) is 17.0 Å². The first-order valence-electron chi connectivity index (χ1n) is 7.17. The Balaban J connectivity index is 2.57. The molecule has 6 heteroatoms. The Bertz CT molecular complexity index is 737. The van der Waals surface area contributed by atoms with Crippen LogP contribution in [0, 0.1) is 5.41 Å². The lowest BCUT2D eigenvalue weighted by Crippen LogP contribution is -2.31. The molecule has 0 spiro atoms. The van der Waals surface area contributed by atoms with E-state index in [0.717, 1.165) is 18.4 Å². The van der Waals surface area contributed by atoms with Crippen molar-refractivity contribution in [1.29, 1.82) is 5.41 Å². The fourth-order valence-corrected chi connectivity index (χ4v) is 2.12. The standard InChI is InChI=1S/C16H20N4O2/c1-3-4-8-20-16(21)13(15(17)18)10-14(19-20)11-6-5-7-12(9-11)22-2/h5-7,9-10H,3-4,8H2,1-2H3,(H3,17,18). The molecule has 6 nitrogen and oxygen atoms in total. The van der Waals surface area contributed by atoms with Gasteiger partial charge in [0, 0.05) is 12.1 Å². The molecular weight excluding hydrogens is 280 g/mol. The van der Waals surface area contributed by atoms with Crippen LogP contribution >= 0.6 is 0 Å². The third kappa shape index (κ3) is 3.33. The summed E-state index contributed by atoms with van der Waals surface area (Å²) in [7, 11) is 1.59. The van der Waals surface area contributed by atoms with E-state index in [1.165, 1.54) is 4.68 Å². The summed E-state index contributed by atoms with van der Waals surface area (Å²) < 4.78 is 6.59. The van der Waals surface area contributed by atoms with Crippen LogP contribution in [0.4, 0.5) is 0 Å². The van der Waals surface area contributed by atoms with Gasteiger partial charge in [-0.1, -0.05) is 25.5 Å². The molecule has 1 aromatic carbocycles. The lowest BCUT2D eigenvalue weighted by atomic mass is 10.1. The highest BCUT2D eigenvalue weighted by Crippen LogP contribution is 2.22. The van der Waals surface area contributed by atoms with Gasteiger partial charge in [-0.3, -0.25) is 10.2 Å². The molecule has 2 rings (SSSR count). The molecule has 0 aliphatic carbocycles. The zero-order valence-corrected chi connectivity index (χ0v) is 12.8. The first-order chi connectivity index (χ1) is 10.6. The zero-order chi connectivity index (χ0) is 16.1. The van der Waals surface area contributed by atoms with E-state index in [9.17, 15) is 4.79 Å². The van der Waals surface area contributed by atoms with Gasteiger partial charge in [0.2, 0.25) is 0 Å². The first kappa shape index (κ1) is 15.8. The zero-order valence-electron chi connectivity index (χ0n) is 12.8. The van der Waals surface area contributed by atoms with Crippen LogP contribution in [-0.2, 0) is 6.54 Å². The maximum absolute atomic E-state index is 12.3. The van der Waals surface area contributed by atoms with Crippen LogP contribution < -0.4 is 16.0 Å². The van der Waals surface area contributed by atoms with Gasteiger partial charge in [-0.05, 0) is 24.6 Å². The molecule has 2 aromatic rings. The number of methoxy groups -OCH3 is 1. The van der Waals surface area contributed by atoms with E-state index in [-0.39, 0.29) is 17.0 Å². The number of ether oxygens (including phenoxy) is 1. The molecule has 0 saturated heterocycles. The maximum Gasteiger partial charge on any atom is 0.277 e. The molecule has 0 atom stereocenters. The van der Waals surface area contributed by atoms with Crippen LogP contribution in [-0.4, -0.2) is 22.7 Å². The Morgan fingerprint density at radius 2 is 2.18 bits per heavy atom. The molecule has 22 heavy (non-hydrogen) atoms. The van der Waals surface area contributed by atoms with E-state index in [1.54, 1.807) is 13.2 Å². The summed E-state index contributed by atoms with van der Waals surface area (Å²) in [6.07, 6.45) is 1.79. The minimum absolute atomic E-state index is 0.170. The molecule has 0 aliphatic rings. The van der Waals surface area contributed by atoms with Crippen LogP contribution in [0.25, 0.3) is 11.3 Å². The largest absolute Gasteiger partial charge is 0.497 e. The SMILES string of the molecule is CCCCn1nc(-c2cccc(OC)c2)cc(C(=N)N)c1=O. The molecule has 0 amide bonds. The van der Waals surface area contributed by atoms with Gasteiger partial charge in [-0.25, -0.2) is 4.68 Å². The van der Waals surface area contributed by atoms with Gasteiger partial charge in [-0.2, -0.15) is 5.10 Å². The molecule has 0 fully saturated rings. The highest BCUT2D eigenvalue weighted by atomic mass is 16.5. The Morgan fingerprint density at radius 1 is 1.41 bits per heavy atom. The second-order valence-corrected chi connectivity index (χ2v) is 4.97. The van der Waals surface area contributed by atoms with Crippen LogP contribution in [0.5, 0.6) is 5.75 Å². The number of hydrogen-bond donors (Lipinski definition) is 2. The van der Waals surface area contributed by atoms with Gasteiger partial charge < -0.3 is 10.5 Å².